The van der Waals surface area contributed by atoms with Crippen LogP contribution in [0.15, 0.2) is 30.9 Å². The summed E-state index contributed by atoms with van der Waals surface area (Å²) in [7, 11) is 0. The minimum Gasteiger partial charge on any atom is -0.379 e. The summed E-state index contributed by atoms with van der Waals surface area (Å²) in [5.41, 5.74) is 1.63. The zero-order valence-corrected chi connectivity index (χ0v) is 10.9. The number of halogens is 1. The molecule has 0 radical (unpaired) electrons. The van der Waals surface area contributed by atoms with E-state index < -0.39 is 0 Å². The van der Waals surface area contributed by atoms with Crippen molar-refractivity contribution in [2.75, 3.05) is 26.3 Å². The van der Waals surface area contributed by atoms with E-state index in [1.807, 2.05) is 6.07 Å². The van der Waals surface area contributed by atoms with Crippen molar-refractivity contribution in [2.24, 2.45) is 0 Å². The molecule has 0 N–H and O–H groups in total. The minimum absolute atomic E-state index is 0.0603. The third-order valence-electron chi connectivity index (χ3n) is 3.02. The van der Waals surface area contributed by atoms with Gasteiger partial charge in [-0.2, -0.15) is 0 Å². The van der Waals surface area contributed by atoms with Gasteiger partial charge in [-0.25, -0.2) is 0 Å². The first-order chi connectivity index (χ1) is 8.70. The maximum atomic E-state index is 11.8. The smallest absolute Gasteiger partial charge is 0.185 e. The Labute approximate surface area is 112 Å². The molecule has 0 atom stereocenters. The number of hydrogen-bond acceptors (Lipinski definition) is 3. The molecule has 0 unspecified atom stereocenters. The first-order valence-electron chi connectivity index (χ1n) is 5.96. The topological polar surface area (TPSA) is 29.5 Å². The summed E-state index contributed by atoms with van der Waals surface area (Å²) in [6.07, 6.45) is 1.34. The lowest BCUT2D eigenvalue weighted by molar-refractivity contribution is 0.0341. The molecule has 0 aliphatic carbocycles. The van der Waals surface area contributed by atoms with E-state index in [0.29, 0.717) is 10.6 Å². The van der Waals surface area contributed by atoms with Crippen LogP contribution < -0.4 is 0 Å². The van der Waals surface area contributed by atoms with E-state index in [1.165, 1.54) is 6.08 Å². The molecule has 1 fully saturated rings. The van der Waals surface area contributed by atoms with Crippen LogP contribution in [0.4, 0.5) is 0 Å². The van der Waals surface area contributed by atoms with Gasteiger partial charge in [0.15, 0.2) is 5.78 Å². The number of carbonyl (C=O) groups excluding carboxylic acids is 1. The number of allylic oxidation sites excluding steroid dienone is 1. The van der Waals surface area contributed by atoms with E-state index in [1.54, 1.807) is 12.1 Å². The molecule has 3 nitrogen and oxygen atoms in total. The number of ether oxygens (including phenoxy) is 1. The van der Waals surface area contributed by atoms with Gasteiger partial charge in [0, 0.05) is 30.2 Å². The Balaban J connectivity index is 2.21. The van der Waals surface area contributed by atoms with E-state index in [4.69, 9.17) is 16.3 Å². The second-order valence-electron chi connectivity index (χ2n) is 4.26. The maximum Gasteiger partial charge on any atom is 0.185 e. The zero-order valence-electron chi connectivity index (χ0n) is 10.2. The van der Waals surface area contributed by atoms with Crippen molar-refractivity contribution in [1.82, 2.24) is 4.90 Å². The van der Waals surface area contributed by atoms with Gasteiger partial charge in [0.1, 0.15) is 0 Å². The summed E-state index contributed by atoms with van der Waals surface area (Å²) in [5.74, 6) is -0.0603. The molecule has 1 aromatic carbocycles. The van der Waals surface area contributed by atoms with E-state index in [9.17, 15) is 4.79 Å². The number of benzene rings is 1. The van der Waals surface area contributed by atoms with Crippen molar-refractivity contribution in [3.63, 3.8) is 0 Å². The lowest BCUT2D eigenvalue weighted by Gasteiger charge is -2.27. The van der Waals surface area contributed by atoms with Gasteiger partial charge in [-0.3, -0.25) is 9.69 Å². The Kier molecular flexibility index (Phi) is 4.53. The average Bonchev–Trinajstić information content (AvgIpc) is 2.39. The Morgan fingerprint density at radius 2 is 2.17 bits per heavy atom. The predicted molar refractivity (Wildman–Crippen MR) is 72.1 cm³/mol. The van der Waals surface area contributed by atoms with Gasteiger partial charge in [-0.15, -0.1) is 0 Å². The molecular formula is C14H16ClNO2. The second kappa shape index (κ2) is 6.14. The third-order valence-corrected chi connectivity index (χ3v) is 3.25. The first-order valence-corrected chi connectivity index (χ1v) is 6.34. The molecule has 2 rings (SSSR count). The molecule has 1 aliphatic rings. The van der Waals surface area contributed by atoms with Gasteiger partial charge < -0.3 is 4.74 Å². The molecule has 0 amide bonds. The molecule has 0 aromatic heterocycles. The first kappa shape index (κ1) is 13.3. The van der Waals surface area contributed by atoms with Crippen LogP contribution in [-0.4, -0.2) is 37.0 Å². The number of nitrogens with zero attached hydrogens (tertiary/aromatic N) is 1. The summed E-state index contributed by atoms with van der Waals surface area (Å²) in [4.78, 5) is 14.0. The Bertz CT molecular complexity index is 453. The van der Waals surface area contributed by atoms with Crippen molar-refractivity contribution in [3.8, 4) is 0 Å². The predicted octanol–water partition coefficient (Wildman–Crippen LogP) is 2.54. The third kappa shape index (κ3) is 3.19. The van der Waals surface area contributed by atoms with Crippen LogP contribution >= 0.6 is 11.6 Å². The SMILES string of the molecule is C=CC(=O)c1ccc(Cl)cc1CN1CCOCC1. The van der Waals surface area contributed by atoms with Gasteiger partial charge in [0.05, 0.1) is 13.2 Å². The summed E-state index contributed by atoms with van der Waals surface area (Å²) in [6, 6.07) is 5.36. The molecule has 0 saturated carbocycles. The summed E-state index contributed by atoms with van der Waals surface area (Å²) >= 11 is 6.00. The van der Waals surface area contributed by atoms with Crippen LogP contribution in [0.3, 0.4) is 0 Å². The van der Waals surface area contributed by atoms with E-state index in [-0.39, 0.29) is 5.78 Å². The highest BCUT2D eigenvalue weighted by molar-refractivity contribution is 6.30. The highest BCUT2D eigenvalue weighted by Crippen LogP contribution is 2.19. The van der Waals surface area contributed by atoms with Crippen LogP contribution in [-0.2, 0) is 11.3 Å². The fourth-order valence-electron chi connectivity index (χ4n) is 2.04. The summed E-state index contributed by atoms with van der Waals surface area (Å²) < 4.78 is 5.31. The largest absolute Gasteiger partial charge is 0.379 e. The van der Waals surface area contributed by atoms with Crippen molar-refractivity contribution in [1.29, 1.82) is 0 Å². The average molecular weight is 266 g/mol. The number of ketones is 1. The second-order valence-corrected chi connectivity index (χ2v) is 4.69. The Morgan fingerprint density at radius 3 is 2.83 bits per heavy atom. The van der Waals surface area contributed by atoms with Crippen LogP contribution in [0.2, 0.25) is 5.02 Å². The monoisotopic (exact) mass is 265 g/mol. The quantitative estimate of drug-likeness (QED) is 0.619. The Hall–Kier alpha value is -1.16. The molecular weight excluding hydrogens is 250 g/mol. The van der Waals surface area contributed by atoms with Gasteiger partial charge >= 0.3 is 0 Å². The van der Waals surface area contributed by atoms with Crippen LogP contribution in [0.1, 0.15) is 15.9 Å². The normalized spacial score (nSPS) is 16.5. The molecule has 1 aliphatic heterocycles. The molecule has 0 spiro atoms. The van der Waals surface area contributed by atoms with Crippen molar-refractivity contribution >= 4 is 17.4 Å². The minimum atomic E-state index is -0.0603. The van der Waals surface area contributed by atoms with Crippen LogP contribution in [0.5, 0.6) is 0 Å². The molecule has 0 bridgehead atoms. The number of hydrogen-bond donors (Lipinski definition) is 0. The Morgan fingerprint density at radius 1 is 1.44 bits per heavy atom. The highest BCUT2D eigenvalue weighted by atomic mass is 35.5. The lowest BCUT2D eigenvalue weighted by Crippen LogP contribution is -2.36. The van der Waals surface area contributed by atoms with Crippen molar-refractivity contribution < 1.29 is 9.53 Å². The number of morpholine rings is 1. The standard InChI is InChI=1S/C14H16ClNO2/c1-2-14(17)13-4-3-12(15)9-11(13)10-16-5-7-18-8-6-16/h2-4,9H,1,5-8,10H2. The van der Waals surface area contributed by atoms with Crippen molar-refractivity contribution in [2.45, 2.75) is 6.54 Å². The fraction of sp³-hybridized carbons (Fsp3) is 0.357. The van der Waals surface area contributed by atoms with Gasteiger partial charge in [-0.05, 0) is 29.8 Å². The number of rotatable bonds is 4. The summed E-state index contributed by atoms with van der Waals surface area (Å²) in [5, 5.41) is 0.652. The van der Waals surface area contributed by atoms with E-state index >= 15 is 0 Å². The van der Waals surface area contributed by atoms with Gasteiger partial charge in [0.25, 0.3) is 0 Å². The van der Waals surface area contributed by atoms with E-state index in [0.717, 1.165) is 38.4 Å². The summed E-state index contributed by atoms with van der Waals surface area (Å²) in [6.45, 7) is 7.50. The molecule has 1 aromatic rings. The molecule has 1 saturated heterocycles. The molecule has 4 heteroatoms. The van der Waals surface area contributed by atoms with Crippen molar-refractivity contribution in [3.05, 3.63) is 47.0 Å². The maximum absolute atomic E-state index is 11.8. The van der Waals surface area contributed by atoms with Crippen LogP contribution in [0.25, 0.3) is 0 Å². The fourth-order valence-corrected chi connectivity index (χ4v) is 2.24. The van der Waals surface area contributed by atoms with Gasteiger partial charge in [-0.1, -0.05) is 18.2 Å². The lowest BCUT2D eigenvalue weighted by atomic mass is 10.0. The van der Waals surface area contributed by atoms with Gasteiger partial charge in [0.2, 0.25) is 0 Å². The highest BCUT2D eigenvalue weighted by Gasteiger charge is 2.15. The molecule has 1 heterocycles. The molecule has 18 heavy (non-hydrogen) atoms. The number of carbonyl (C=O) groups is 1. The van der Waals surface area contributed by atoms with E-state index in [2.05, 4.69) is 11.5 Å². The zero-order chi connectivity index (χ0) is 13.0. The van der Waals surface area contributed by atoms with Crippen LogP contribution in [0, 0.1) is 0 Å². The molecule has 96 valence electrons.